The Morgan fingerprint density at radius 3 is 2.47 bits per heavy atom. The van der Waals surface area contributed by atoms with E-state index in [9.17, 15) is 4.79 Å². The molecule has 0 bridgehead atoms. The van der Waals surface area contributed by atoms with E-state index in [0.29, 0.717) is 41.8 Å². The number of rotatable bonds is 9. The highest BCUT2D eigenvalue weighted by atomic mass is 16.5. The van der Waals surface area contributed by atoms with Crippen molar-refractivity contribution in [1.29, 1.82) is 5.26 Å². The molecule has 0 atom stereocenters. The molecule has 0 fully saturated rings. The van der Waals surface area contributed by atoms with Crippen molar-refractivity contribution in [2.24, 2.45) is 0 Å². The van der Waals surface area contributed by atoms with Crippen LogP contribution in [0.2, 0.25) is 0 Å². The molecule has 0 spiro atoms. The van der Waals surface area contributed by atoms with E-state index in [1.54, 1.807) is 36.5 Å². The third kappa shape index (κ3) is 5.97. The summed E-state index contributed by atoms with van der Waals surface area (Å²) in [5, 5.41) is 11.5. The van der Waals surface area contributed by atoms with Crippen LogP contribution in [0.4, 0.5) is 0 Å². The Bertz CT molecular complexity index is 1010. The fourth-order valence-corrected chi connectivity index (χ4v) is 2.52. The Morgan fingerprint density at radius 2 is 1.80 bits per heavy atom. The van der Waals surface area contributed by atoms with Crippen LogP contribution in [0.15, 0.2) is 66.9 Å². The molecule has 0 radical (unpaired) electrons. The standard InChI is InChI=1S/C23H21N3O4/c1-2-28-20-5-3-4-6-21(20)30-23-12-9-18(15-26-23)14-25-22(27)16-29-19-10-7-17(13-24)8-11-19/h3-12,15H,2,14,16H2,1H3,(H,25,27). The zero-order valence-corrected chi connectivity index (χ0v) is 16.5. The lowest BCUT2D eigenvalue weighted by Gasteiger charge is -2.11. The van der Waals surface area contributed by atoms with Gasteiger partial charge >= 0.3 is 0 Å². The monoisotopic (exact) mass is 403 g/mol. The average molecular weight is 403 g/mol. The molecule has 7 nitrogen and oxygen atoms in total. The van der Waals surface area contributed by atoms with E-state index in [1.807, 2.05) is 43.3 Å². The first-order valence-corrected chi connectivity index (χ1v) is 9.42. The van der Waals surface area contributed by atoms with E-state index in [4.69, 9.17) is 19.5 Å². The number of hydrogen-bond acceptors (Lipinski definition) is 6. The molecular formula is C23H21N3O4. The molecule has 0 aliphatic rings. The van der Waals surface area contributed by atoms with Crippen molar-refractivity contribution in [2.45, 2.75) is 13.5 Å². The number of pyridine rings is 1. The summed E-state index contributed by atoms with van der Waals surface area (Å²) in [4.78, 5) is 16.2. The van der Waals surface area contributed by atoms with Gasteiger partial charge in [-0.3, -0.25) is 4.79 Å². The lowest BCUT2D eigenvalue weighted by molar-refractivity contribution is -0.123. The summed E-state index contributed by atoms with van der Waals surface area (Å²) in [7, 11) is 0. The van der Waals surface area contributed by atoms with Crippen molar-refractivity contribution in [3.63, 3.8) is 0 Å². The molecule has 1 aromatic heterocycles. The Labute approximate surface area is 174 Å². The number of benzene rings is 2. The van der Waals surface area contributed by atoms with Gasteiger partial charge in [0.1, 0.15) is 5.75 Å². The van der Waals surface area contributed by atoms with E-state index in [0.717, 1.165) is 5.56 Å². The van der Waals surface area contributed by atoms with E-state index in [2.05, 4.69) is 10.3 Å². The van der Waals surface area contributed by atoms with Gasteiger partial charge < -0.3 is 19.5 Å². The number of hydrogen-bond donors (Lipinski definition) is 1. The van der Waals surface area contributed by atoms with Gasteiger partial charge in [0.15, 0.2) is 18.1 Å². The minimum atomic E-state index is -0.259. The lowest BCUT2D eigenvalue weighted by Crippen LogP contribution is -2.28. The number of nitrogens with zero attached hydrogens (tertiary/aromatic N) is 2. The van der Waals surface area contributed by atoms with Gasteiger partial charge in [0.2, 0.25) is 5.88 Å². The highest BCUT2D eigenvalue weighted by molar-refractivity contribution is 5.77. The number of ether oxygens (including phenoxy) is 3. The Hall–Kier alpha value is -4.05. The van der Waals surface area contributed by atoms with Crippen LogP contribution in [-0.2, 0) is 11.3 Å². The Balaban J connectivity index is 1.47. The molecule has 0 aliphatic carbocycles. The minimum absolute atomic E-state index is 0.116. The third-order valence-electron chi connectivity index (χ3n) is 4.00. The Morgan fingerprint density at radius 1 is 1.03 bits per heavy atom. The van der Waals surface area contributed by atoms with E-state index < -0.39 is 0 Å². The van der Waals surface area contributed by atoms with E-state index in [1.165, 1.54) is 0 Å². The molecule has 7 heteroatoms. The topological polar surface area (TPSA) is 93.5 Å². The van der Waals surface area contributed by atoms with Crippen molar-refractivity contribution < 1.29 is 19.0 Å². The summed E-state index contributed by atoms with van der Waals surface area (Å²) in [5.41, 5.74) is 1.36. The predicted molar refractivity (Wildman–Crippen MR) is 110 cm³/mol. The van der Waals surface area contributed by atoms with Gasteiger partial charge in [-0.2, -0.15) is 5.26 Å². The van der Waals surface area contributed by atoms with Gasteiger partial charge in [-0.25, -0.2) is 4.98 Å². The van der Waals surface area contributed by atoms with Crippen LogP contribution >= 0.6 is 0 Å². The summed E-state index contributed by atoms with van der Waals surface area (Å²) in [6.07, 6.45) is 1.64. The maximum absolute atomic E-state index is 12.0. The molecule has 152 valence electrons. The third-order valence-corrected chi connectivity index (χ3v) is 4.00. The molecule has 0 unspecified atom stereocenters. The summed E-state index contributed by atoms with van der Waals surface area (Å²) in [6.45, 7) is 2.65. The molecule has 2 aromatic carbocycles. The SMILES string of the molecule is CCOc1ccccc1Oc1ccc(CNC(=O)COc2ccc(C#N)cc2)cn1. The number of para-hydroxylation sites is 2. The van der Waals surface area contributed by atoms with Crippen molar-refractivity contribution in [1.82, 2.24) is 10.3 Å². The molecule has 30 heavy (non-hydrogen) atoms. The molecule has 3 rings (SSSR count). The fraction of sp³-hybridized carbons (Fsp3) is 0.174. The number of nitrogens with one attached hydrogen (secondary N) is 1. The van der Waals surface area contributed by atoms with Crippen LogP contribution in [0, 0.1) is 11.3 Å². The Kier molecular flexibility index (Phi) is 7.23. The number of amides is 1. The van der Waals surface area contributed by atoms with Gasteiger partial charge in [-0.15, -0.1) is 0 Å². The number of aromatic nitrogens is 1. The smallest absolute Gasteiger partial charge is 0.258 e. The van der Waals surface area contributed by atoms with Gasteiger partial charge in [-0.05, 0) is 48.9 Å². The van der Waals surface area contributed by atoms with Crippen LogP contribution in [0.5, 0.6) is 23.1 Å². The molecule has 0 saturated carbocycles. The van der Waals surface area contributed by atoms with Crippen LogP contribution in [0.3, 0.4) is 0 Å². The average Bonchev–Trinajstić information content (AvgIpc) is 2.79. The van der Waals surface area contributed by atoms with Crippen LogP contribution in [-0.4, -0.2) is 24.1 Å². The molecule has 1 N–H and O–H groups in total. The van der Waals surface area contributed by atoms with Crippen molar-refractivity contribution in [2.75, 3.05) is 13.2 Å². The first-order valence-electron chi connectivity index (χ1n) is 9.42. The maximum Gasteiger partial charge on any atom is 0.258 e. The second-order valence-corrected chi connectivity index (χ2v) is 6.19. The lowest BCUT2D eigenvalue weighted by atomic mass is 10.2. The second-order valence-electron chi connectivity index (χ2n) is 6.19. The predicted octanol–water partition coefficient (Wildman–Crippen LogP) is 3.84. The minimum Gasteiger partial charge on any atom is -0.490 e. The van der Waals surface area contributed by atoms with E-state index in [-0.39, 0.29) is 12.5 Å². The summed E-state index contributed by atoms with van der Waals surface area (Å²) < 4.78 is 16.7. The zero-order valence-electron chi connectivity index (χ0n) is 16.5. The van der Waals surface area contributed by atoms with Gasteiger partial charge in [0.25, 0.3) is 5.91 Å². The van der Waals surface area contributed by atoms with Crippen LogP contribution in [0.25, 0.3) is 0 Å². The van der Waals surface area contributed by atoms with Gasteiger partial charge in [0, 0.05) is 18.8 Å². The quantitative estimate of drug-likeness (QED) is 0.583. The van der Waals surface area contributed by atoms with E-state index >= 15 is 0 Å². The molecule has 1 amide bonds. The normalized spacial score (nSPS) is 10.0. The highest BCUT2D eigenvalue weighted by Gasteiger charge is 2.07. The first kappa shape index (κ1) is 20.7. The van der Waals surface area contributed by atoms with Gasteiger partial charge in [-0.1, -0.05) is 18.2 Å². The largest absolute Gasteiger partial charge is 0.490 e. The van der Waals surface area contributed by atoms with Crippen molar-refractivity contribution >= 4 is 5.91 Å². The van der Waals surface area contributed by atoms with Crippen LogP contribution < -0.4 is 19.5 Å². The molecule has 1 heterocycles. The van der Waals surface area contributed by atoms with Gasteiger partial charge in [0.05, 0.1) is 18.2 Å². The van der Waals surface area contributed by atoms with Crippen LogP contribution in [0.1, 0.15) is 18.1 Å². The number of carbonyl (C=O) groups is 1. The maximum atomic E-state index is 12.0. The highest BCUT2D eigenvalue weighted by Crippen LogP contribution is 2.30. The van der Waals surface area contributed by atoms with Crippen molar-refractivity contribution in [3.8, 4) is 29.2 Å². The molecular weight excluding hydrogens is 382 g/mol. The summed E-state index contributed by atoms with van der Waals surface area (Å²) in [5.74, 6) is 1.94. The number of carbonyl (C=O) groups excluding carboxylic acids is 1. The molecule has 0 saturated heterocycles. The summed E-state index contributed by atoms with van der Waals surface area (Å²) in [6, 6.07) is 19.5. The molecule has 0 aliphatic heterocycles. The second kappa shape index (κ2) is 10.5. The number of nitriles is 1. The first-order chi connectivity index (χ1) is 14.7. The van der Waals surface area contributed by atoms with Crippen molar-refractivity contribution in [3.05, 3.63) is 78.0 Å². The summed E-state index contributed by atoms with van der Waals surface area (Å²) >= 11 is 0. The fourth-order valence-electron chi connectivity index (χ4n) is 2.52. The zero-order chi connectivity index (χ0) is 21.2. The molecule has 3 aromatic rings.